The summed E-state index contributed by atoms with van der Waals surface area (Å²) in [6.07, 6.45) is 1.44. The summed E-state index contributed by atoms with van der Waals surface area (Å²) in [5.41, 5.74) is 0.0717. The number of imidazole rings is 1. The van der Waals surface area contributed by atoms with Crippen molar-refractivity contribution in [2.24, 2.45) is 0 Å². The van der Waals surface area contributed by atoms with Gasteiger partial charge in [-0.05, 0) is 24.6 Å². The van der Waals surface area contributed by atoms with Crippen molar-refractivity contribution in [3.8, 4) is 17.3 Å². The Hall–Kier alpha value is -4.11. The highest BCUT2D eigenvalue weighted by atomic mass is 35.5. The summed E-state index contributed by atoms with van der Waals surface area (Å²) in [4.78, 5) is 20.4. The van der Waals surface area contributed by atoms with E-state index in [0.29, 0.717) is 17.7 Å². The van der Waals surface area contributed by atoms with Gasteiger partial charge in [-0.25, -0.2) is 9.97 Å². The number of carbonyl (C=O) groups excluding carboxylic acids is 1. The lowest BCUT2D eigenvalue weighted by molar-refractivity contribution is -0.141. The third-order valence-corrected chi connectivity index (χ3v) is 5.43. The van der Waals surface area contributed by atoms with Crippen molar-refractivity contribution >= 4 is 34.7 Å². The number of nitrogens with zero attached hydrogens (tertiary/aromatic N) is 6. The van der Waals surface area contributed by atoms with Crippen LogP contribution in [0.1, 0.15) is 28.9 Å². The fraction of sp³-hybridized carbons (Fsp3) is 0.227. The van der Waals surface area contributed by atoms with Gasteiger partial charge in [0.2, 0.25) is 0 Å². The number of alkyl halides is 3. The number of carbonyl (C=O) groups is 1. The number of benzene rings is 1. The Labute approximate surface area is 202 Å². The molecule has 13 heteroatoms. The number of anilines is 2. The van der Waals surface area contributed by atoms with E-state index in [9.17, 15) is 18.0 Å². The van der Waals surface area contributed by atoms with Gasteiger partial charge in [0.25, 0.3) is 5.91 Å². The molecule has 4 aromatic rings. The Bertz CT molecular complexity index is 1440. The fourth-order valence-corrected chi connectivity index (χ4v) is 3.77. The molecule has 0 radical (unpaired) electrons. The van der Waals surface area contributed by atoms with Gasteiger partial charge in [0, 0.05) is 44.3 Å². The Balaban J connectivity index is 1.71. The molecule has 1 aromatic carbocycles. The predicted molar refractivity (Wildman–Crippen MR) is 122 cm³/mol. The van der Waals surface area contributed by atoms with Crippen LogP contribution in [0.4, 0.5) is 24.7 Å². The highest BCUT2D eigenvalue weighted by molar-refractivity contribution is 6.34. The lowest BCUT2D eigenvalue weighted by atomic mass is 10.2. The standard InChI is InChI=1S/C22H18ClF3N8O/c1-28-21(35)14-5-4-13(10-16(14)23)31-19-20-30-11-17(34(20)9-7-29-19)15-12-33(8-3-2-6-27)32-18(15)22(24,25)26/h4-5,7,9-12H,2-3,8H2,1H3,(H,28,35)(H,29,31). The van der Waals surface area contributed by atoms with Crippen LogP contribution < -0.4 is 10.6 Å². The van der Waals surface area contributed by atoms with Gasteiger partial charge in [0.15, 0.2) is 17.2 Å². The largest absolute Gasteiger partial charge is 0.435 e. The van der Waals surface area contributed by atoms with Gasteiger partial charge in [0.05, 0.1) is 34.1 Å². The Morgan fingerprint density at radius 1 is 1.29 bits per heavy atom. The minimum atomic E-state index is -4.68. The first-order valence-corrected chi connectivity index (χ1v) is 10.7. The number of nitriles is 1. The smallest absolute Gasteiger partial charge is 0.355 e. The maximum absolute atomic E-state index is 13.7. The molecule has 2 N–H and O–H groups in total. The molecule has 0 fully saturated rings. The number of unbranched alkanes of at least 4 members (excludes halogenated alkanes) is 1. The molecule has 180 valence electrons. The molecule has 0 aliphatic heterocycles. The van der Waals surface area contributed by atoms with Crippen molar-refractivity contribution in [2.45, 2.75) is 25.6 Å². The Morgan fingerprint density at radius 3 is 2.77 bits per heavy atom. The van der Waals surface area contributed by atoms with E-state index in [-0.39, 0.29) is 46.6 Å². The molecule has 0 saturated heterocycles. The van der Waals surface area contributed by atoms with Crippen molar-refractivity contribution in [1.29, 1.82) is 5.26 Å². The van der Waals surface area contributed by atoms with Crippen molar-refractivity contribution < 1.29 is 18.0 Å². The third kappa shape index (κ3) is 4.90. The second kappa shape index (κ2) is 9.63. The molecule has 0 aliphatic rings. The molecule has 3 heterocycles. The summed E-state index contributed by atoms with van der Waals surface area (Å²) in [6.45, 7) is 0.175. The van der Waals surface area contributed by atoms with E-state index in [2.05, 4.69) is 25.7 Å². The van der Waals surface area contributed by atoms with Gasteiger partial charge in [-0.2, -0.15) is 23.5 Å². The van der Waals surface area contributed by atoms with Crippen LogP contribution in [0.2, 0.25) is 5.02 Å². The van der Waals surface area contributed by atoms with Gasteiger partial charge in [-0.1, -0.05) is 11.6 Å². The average Bonchev–Trinajstić information content (AvgIpc) is 3.44. The fourth-order valence-electron chi connectivity index (χ4n) is 3.51. The number of nitrogens with one attached hydrogen (secondary N) is 2. The second-order valence-corrected chi connectivity index (χ2v) is 7.83. The predicted octanol–water partition coefficient (Wildman–Crippen LogP) is 4.67. The molecule has 0 unspecified atom stereocenters. The number of rotatable bonds is 7. The van der Waals surface area contributed by atoms with Crippen LogP contribution in [0, 0.1) is 11.3 Å². The van der Waals surface area contributed by atoms with Gasteiger partial charge < -0.3 is 10.6 Å². The zero-order chi connectivity index (χ0) is 25.2. The first-order chi connectivity index (χ1) is 16.7. The van der Waals surface area contributed by atoms with Crippen LogP contribution in [0.5, 0.6) is 0 Å². The molecule has 0 saturated carbocycles. The van der Waals surface area contributed by atoms with E-state index in [1.165, 1.54) is 53.1 Å². The lowest BCUT2D eigenvalue weighted by Gasteiger charge is -2.10. The summed E-state index contributed by atoms with van der Waals surface area (Å²) in [6, 6.07) is 6.66. The highest BCUT2D eigenvalue weighted by Crippen LogP contribution is 2.37. The van der Waals surface area contributed by atoms with Crippen molar-refractivity contribution in [3.05, 3.63) is 59.3 Å². The van der Waals surface area contributed by atoms with Crippen LogP contribution in [-0.2, 0) is 12.7 Å². The van der Waals surface area contributed by atoms with Crippen LogP contribution in [0.25, 0.3) is 16.9 Å². The Morgan fingerprint density at radius 2 is 2.09 bits per heavy atom. The Kier molecular flexibility index (Phi) is 6.61. The van der Waals surface area contributed by atoms with Gasteiger partial charge in [0.1, 0.15) is 0 Å². The van der Waals surface area contributed by atoms with Crippen LogP contribution in [-0.4, -0.2) is 37.1 Å². The van der Waals surface area contributed by atoms with Crippen molar-refractivity contribution in [2.75, 3.05) is 12.4 Å². The second-order valence-electron chi connectivity index (χ2n) is 7.43. The topological polar surface area (TPSA) is 113 Å². The maximum Gasteiger partial charge on any atom is 0.435 e. The number of halogens is 4. The summed E-state index contributed by atoms with van der Waals surface area (Å²) in [7, 11) is 1.49. The molecule has 4 rings (SSSR count). The highest BCUT2D eigenvalue weighted by Gasteiger charge is 2.38. The van der Waals surface area contributed by atoms with Gasteiger partial charge in [-0.3, -0.25) is 13.9 Å². The van der Waals surface area contributed by atoms with Gasteiger partial charge in [-0.15, -0.1) is 0 Å². The minimum Gasteiger partial charge on any atom is -0.355 e. The molecule has 1 amide bonds. The number of fused-ring (bicyclic) bond motifs is 1. The summed E-state index contributed by atoms with van der Waals surface area (Å²) in [5, 5.41) is 18.1. The summed E-state index contributed by atoms with van der Waals surface area (Å²) < 4.78 is 43.9. The molecule has 0 spiro atoms. The molecule has 9 nitrogen and oxygen atoms in total. The third-order valence-electron chi connectivity index (χ3n) is 5.11. The number of hydrogen-bond donors (Lipinski definition) is 2. The molecular formula is C22H18ClF3N8O. The molecular weight excluding hydrogens is 485 g/mol. The van der Waals surface area contributed by atoms with Crippen LogP contribution in [0.15, 0.2) is 43.0 Å². The summed E-state index contributed by atoms with van der Waals surface area (Å²) in [5.74, 6) is -0.0641. The quantitative estimate of drug-likeness (QED) is 0.355. The monoisotopic (exact) mass is 502 g/mol. The number of aryl methyl sites for hydroxylation is 1. The number of hydrogen-bond acceptors (Lipinski definition) is 6. The number of amides is 1. The van der Waals surface area contributed by atoms with Crippen LogP contribution >= 0.6 is 11.6 Å². The normalized spacial score (nSPS) is 11.4. The van der Waals surface area contributed by atoms with Crippen molar-refractivity contribution in [1.82, 2.24) is 29.5 Å². The van der Waals surface area contributed by atoms with E-state index in [1.54, 1.807) is 6.07 Å². The van der Waals surface area contributed by atoms with Gasteiger partial charge >= 0.3 is 6.18 Å². The minimum absolute atomic E-state index is 0.142. The lowest BCUT2D eigenvalue weighted by Crippen LogP contribution is -2.18. The van der Waals surface area contributed by atoms with E-state index >= 15 is 0 Å². The van der Waals surface area contributed by atoms with E-state index in [0.717, 1.165) is 0 Å². The SMILES string of the molecule is CNC(=O)c1ccc(Nc2nccn3c(-c4cn(CCCC#N)nc4C(F)(F)F)cnc23)cc1Cl. The first kappa shape index (κ1) is 24.0. The molecule has 35 heavy (non-hydrogen) atoms. The maximum atomic E-state index is 13.7. The number of aromatic nitrogens is 5. The molecule has 0 bridgehead atoms. The average molecular weight is 503 g/mol. The zero-order valence-electron chi connectivity index (χ0n) is 18.3. The van der Waals surface area contributed by atoms with E-state index in [1.807, 2.05) is 6.07 Å². The molecule has 0 aliphatic carbocycles. The summed E-state index contributed by atoms with van der Waals surface area (Å²) >= 11 is 6.20. The van der Waals surface area contributed by atoms with Crippen LogP contribution in [0.3, 0.4) is 0 Å². The molecule has 3 aromatic heterocycles. The van der Waals surface area contributed by atoms with Crippen molar-refractivity contribution in [3.63, 3.8) is 0 Å². The van der Waals surface area contributed by atoms with E-state index < -0.39 is 11.9 Å². The zero-order valence-corrected chi connectivity index (χ0v) is 19.0. The molecule has 0 atom stereocenters. The first-order valence-electron chi connectivity index (χ1n) is 10.4. The van der Waals surface area contributed by atoms with E-state index in [4.69, 9.17) is 16.9 Å².